The van der Waals surface area contributed by atoms with Gasteiger partial charge in [-0.05, 0) is 33.6 Å². The molecule has 6 heteroatoms. The predicted octanol–water partition coefficient (Wildman–Crippen LogP) is 3.55. The van der Waals surface area contributed by atoms with Crippen LogP contribution in [0.4, 0.5) is 5.95 Å². The van der Waals surface area contributed by atoms with Crippen molar-refractivity contribution < 1.29 is 4.74 Å². The van der Waals surface area contributed by atoms with E-state index in [1.54, 1.807) is 12.4 Å². The summed E-state index contributed by atoms with van der Waals surface area (Å²) >= 11 is 6.84. The van der Waals surface area contributed by atoms with E-state index in [0.29, 0.717) is 12.5 Å². The van der Waals surface area contributed by atoms with Crippen molar-refractivity contribution in [1.82, 2.24) is 9.97 Å². The molecule has 2 heterocycles. The zero-order chi connectivity index (χ0) is 13.2. The molecule has 1 aromatic heterocycles. The molecule has 3 rings (SSSR count). The monoisotopic (exact) mass is 383 g/mol. The van der Waals surface area contributed by atoms with Crippen LogP contribution in [0.5, 0.6) is 5.75 Å². The molecule has 0 atom stereocenters. The van der Waals surface area contributed by atoms with Gasteiger partial charge in [-0.3, -0.25) is 0 Å². The topological polar surface area (TPSA) is 47.0 Å². The highest BCUT2D eigenvalue weighted by molar-refractivity contribution is 9.10. The molecule has 0 fully saturated rings. The molecule has 1 aliphatic heterocycles. The second kappa shape index (κ2) is 5.46. The summed E-state index contributed by atoms with van der Waals surface area (Å²) in [5.74, 6) is 1.60. The molecule has 2 aromatic rings. The van der Waals surface area contributed by atoms with Crippen LogP contribution in [0.1, 0.15) is 11.1 Å². The Morgan fingerprint density at radius 1 is 1.16 bits per heavy atom. The Labute approximate surface area is 127 Å². The van der Waals surface area contributed by atoms with Crippen LogP contribution in [0.25, 0.3) is 0 Å². The molecule has 0 spiro atoms. The summed E-state index contributed by atoms with van der Waals surface area (Å²) in [6, 6.07) is 4.18. The number of fused-ring (bicyclic) bond motifs is 1. The summed E-state index contributed by atoms with van der Waals surface area (Å²) in [5, 5.41) is 3.20. The molecule has 1 aromatic carbocycles. The van der Waals surface area contributed by atoms with Gasteiger partial charge in [0.15, 0.2) is 0 Å². The molecular weight excluding hydrogens is 374 g/mol. The highest BCUT2D eigenvalue weighted by Gasteiger charge is 2.17. The Balaban J connectivity index is 1.78. The van der Waals surface area contributed by atoms with E-state index in [9.17, 15) is 0 Å². The van der Waals surface area contributed by atoms with Gasteiger partial charge in [0.05, 0.1) is 11.1 Å². The van der Waals surface area contributed by atoms with Crippen molar-refractivity contribution in [3.8, 4) is 5.75 Å². The molecule has 0 saturated heterocycles. The fourth-order valence-electron chi connectivity index (χ4n) is 2.06. The largest absolute Gasteiger partial charge is 0.493 e. The minimum atomic E-state index is 0.606. The minimum Gasteiger partial charge on any atom is -0.493 e. The number of ether oxygens (including phenoxy) is 1. The van der Waals surface area contributed by atoms with E-state index in [1.165, 1.54) is 5.56 Å². The van der Waals surface area contributed by atoms with Gasteiger partial charge >= 0.3 is 0 Å². The van der Waals surface area contributed by atoms with Crippen molar-refractivity contribution in [2.45, 2.75) is 13.0 Å². The molecule has 1 aliphatic rings. The number of hydrogen-bond donors (Lipinski definition) is 1. The van der Waals surface area contributed by atoms with E-state index in [-0.39, 0.29) is 0 Å². The Bertz CT molecular complexity index is 602. The molecule has 1 N–H and O–H groups in total. The number of nitrogens with one attached hydrogen (secondary N) is 1. The molecular formula is C13H11Br2N3O. The zero-order valence-electron chi connectivity index (χ0n) is 9.99. The third-order valence-corrected chi connectivity index (χ3v) is 3.75. The van der Waals surface area contributed by atoms with Crippen LogP contribution in [0.15, 0.2) is 33.5 Å². The summed E-state index contributed by atoms with van der Waals surface area (Å²) in [6.07, 6.45) is 4.41. The number of benzene rings is 1. The summed E-state index contributed by atoms with van der Waals surface area (Å²) in [7, 11) is 0. The van der Waals surface area contributed by atoms with Crippen LogP contribution in [0, 0.1) is 0 Å². The fourth-order valence-corrected chi connectivity index (χ4v) is 2.81. The first-order valence-electron chi connectivity index (χ1n) is 5.88. The van der Waals surface area contributed by atoms with Crippen LogP contribution in [-0.4, -0.2) is 16.6 Å². The van der Waals surface area contributed by atoms with E-state index in [2.05, 4.69) is 59.3 Å². The normalized spacial score (nSPS) is 12.9. The number of nitrogens with zero attached hydrogens (tertiary/aromatic N) is 2. The lowest BCUT2D eigenvalue weighted by atomic mass is 10.1. The Morgan fingerprint density at radius 3 is 2.74 bits per heavy atom. The minimum absolute atomic E-state index is 0.606. The van der Waals surface area contributed by atoms with Gasteiger partial charge < -0.3 is 10.1 Å². The maximum Gasteiger partial charge on any atom is 0.222 e. The number of hydrogen-bond acceptors (Lipinski definition) is 4. The standard InChI is InChI=1S/C13H11Br2N3O/c14-10-3-8-1-2-19-12(8)9(4-10)5-16-13-17-6-11(15)7-18-13/h3-4,6-7H,1-2,5H2,(H,16,17,18). The molecule has 0 bridgehead atoms. The number of aromatic nitrogens is 2. The zero-order valence-corrected chi connectivity index (χ0v) is 13.2. The van der Waals surface area contributed by atoms with Crippen LogP contribution in [0.3, 0.4) is 0 Å². The van der Waals surface area contributed by atoms with Gasteiger partial charge in [-0.25, -0.2) is 9.97 Å². The fraction of sp³-hybridized carbons (Fsp3) is 0.231. The first-order chi connectivity index (χ1) is 9.22. The average molecular weight is 385 g/mol. The Kier molecular flexibility index (Phi) is 3.70. The molecule has 0 aliphatic carbocycles. The summed E-state index contributed by atoms with van der Waals surface area (Å²) in [6.45, 7) is 1.40. The maximum absolute atomic E-state index is 5.68. The van der Waals surface area contributed by atoms with Crippen molar-refractivity contribution in [2.75, 3.05) is 11.9 Å². The number of anilines is 1. The van der Waals surface area contributed by atoms with E-state index in [1.807, 2.05) is 0 Å². The average Bonchev–Trinajstić information content (AvgIpc) is 2.85. The number of halogens is 2. The SMILES string of the molecule is Brc1cnc(NCc2cc(Br)cc3c2OCC3)nc1. The summed E-state index contributed by atoms with van der Waals surface area (Å²) in [4.78, 5) is 8.38. The molecule has 0 radical (unpaired) electrons. The molecule has 4 nitrogen and oxygen atoms in total. The highest BCUT2D eigenvalue weighted by atomic mass is 79.9. The quantitative estimate of drug-likeness (QED) is 0.878. The molecule has 0 amide bonds. The van der Waals surface area contributed by atoms with Crippen LogP contribution < -0.4 is 10.1 Å². The van der Waals surface area contributed by atoms with Gasteiger partial charge in [-0.15, -0.1) is 0 Å². The van der Waals surface area contributed by atoms with Crippen molar-refractivity contribution in [3.63, 3.8) is 0 Å². The second-order valence-electron chi connectivity index (χ2n) is 4.23. The van der Waals surface area contributed by atoms with E-state index in [0.717, 1.165) is 33.3 Å². The molecule has 0 unspecified atom stereocenters. The summed E-state index contributed by atoms with van der Waals surface area (Å²) < 4.78 is 7.62. The first-order valence-corrected chi connectivity index (χ1v) is 7.46. The first kappa shape index (κ1) is 12.9. The smallest absolute Gasteiger partial charge is 0.222 e. The predicted molar refractivity (Wildman–Crippen MR) is 80.4 cm³/mol. The Hall–Kier alpha value is -1.14. The van der Waals surface area contributed by atoms with Gasteiger partial charge in [0.25, 0.3) is 0 Å². The summed E-state index contributed by atoms with van der Waals surface area (Å²) in [5.41, 5.74) is 2.37. The van der Waals surface area contributed by atoms with E-state index in [4.69, 9.17) is 4.74 Å². The van der Waals surface area contributed by atoms with Crippen molar-refractivity contribution in [1.29, 1.82) is 0 Å². The maximum atomic E-state index is 5.68. The lowest BCUT2D eigenvalue weighted by Gasteiger charge is -2.10. The van der Waals surface area contributed by atoms with Gasteiger partial charge in [0, 0.05) is 35.4 Å². The molecule has 0 saturated carbocycles. The van der Waals surface area contributed by atoms with Crippen molar-refractivity contribution >= 4 is 37.8 Å². The third kappa shape index (κ3) is 2.90. The van der Waals surface area contributed by atoms with Crippen molar-refractivity contribution in [3.05, 3.63) is 44.6 Å². The van der Waals surface area contributed by atoms with Gasteiger partial charge in [0.2, 0.25) is 5.95 Å². The van der Waals surface area contributed by atoms with Crippen molar-refractivity contribution in [2.24, 2.45) is 0 Å². The lowest BCUT2D eigenvalue weighted by Crippen LogP contribution is -2.04. The van der Waals surface area contributed by atoms with Gasteiger partial charge in [-0.1, -0.05) is 15.9 Å². The Morgan fingerprint density at radius 2 is 1.95 bits per heavy atom. The van der Waals surface area contributed by atoms with E-state index >= 15 is 0 Å². The van der Waals surface area contributed by atoms with Gasteiger partial charge in [-0.2, -0.15) is 0 Å². The van der Waals surface area contributed by atoms with E-state index < -0.39 is 0 Å². The second-order valence-corrected chi connectivity index (χ2v) is 6.06. The van der Waals surface area contributed by atoms with Crippen LogP contribution >= 0.6 is 31.9 Å². The van der Waals surface area contributed by atoms with Gasteiger partial charge in [0.1, 0.15) is 5.75 Å². The lowest BCUT2D eigenvalue weighted by molar-refractivity contribution is 0.354. The molecule has 98 valence electrons. The van der Waals surface area contributed by atoms with Crippen LogP contribution in [-0.2, 0) is 13.0 Å². The highest BCUT2D eigenvalue weighted by Crippen LogP contribution is 2.33. The molecule has 19 heavy (non-hydrogen) atoms. The third-order valence-electron chi connectivity index (χ3n) is 2.88. The van der Waals surface area contributed by atoms with Crippen LogP contribution in [0.2, 0.25) is 0 Å². The number of rotatable bonds is 3.